The fraction of sp³-hybridized carbons (Fsp3) is 0.375. The summed E-state index contributed by atoms with van der Waals surface area (Å²) in [6, 6.07) is 8.16. The van der Waals surface area contributed by atoms with Gasteiger partial charge in [0.2, 0.25) is 0 Å². The third-order valence-electron chi connectivity index (χ3n) is 3.53. The van der Waals surface area contributed by atoms with Crippen molar-refractivity contribution in [2.45, 2.75) is 39.5 Å². The van der Waals surface area contributed by atoms with Crippen LogP contribution in [0.5, 0.6) is 0 Å². The zero-order valence-corrected chi connectivity index (χ0v) is 11.6. The topological polar surface area (TPSA) is 52.0 Å². The maximum absolute atomic E-state index is 6.37. The molecule has 0 aliphatic rings. The van der Waals surface area contributed by atoms with E-state index in [0.717, 1.165) is 22.1 Å². The van der Waals surface area contributed by atoms with E-state index in [1.165, 1.54) is 11.1 Å². The molecule has 0 saturated heterocycles. The predicted octanol–water partition coefficient (Wildman–Crippen LogP) is 4.25. The highest BCUT2D eigenvalue weighted by Crippen LogP contribution is 2.38. The van der Waals surface area contributed by atoms with Crippen molar-refractivity contribution in [3.63, 3.8) is 0 Å². The van der Waals surface area contributed by atoms with Gasteiger partial charge in [0.1, 0.15) is 0 Å². The first kappa shape index (κ1) is 12.7. The van der Waals surface area contributed by atoms with E-state index in [9.17, 15) is 0 Å². The summed E-state index contributed by atoms with van der Waals surface area (Å²) < 4.78 is 0. The Labute approximate surface area is 109 Å². The van der Waals surface area contributed by atoms with Gasteiger partial charge >= 0.3 is 0 Å². The van der Waals surface area contributed by atoms with Gasteiger partial charge < -0.3 is 11.5 Å². The molecule has 0 bridgehead atoms. The van der Waals surface area contributed by atoms with E-state index in [1.54, 1.807) is 0 Å². The number of anilines is 2. The smallest absolute Gasteiger partial charge is 0.0432 e. The normalized spacial score (nSPS) is 11.7. The second-order valence-corrected chi connectivity index (χ2v) is 5.54. The maximum atomic E-state index is 6.37. The number of hydrogen-bond donors (Lipinski definition) is 2. The van der Waals surface area contributed by atoms with Crippen LogP contribution in [0.1, 0.15) is 50.7 Å². The summed E-state index contributed by atoms with van der Waals surface area (Å²) in [6.07, 6.45) is 0. The first-order valence-electron chi connectivity index (χ1n) is 6.54. The lowest BCUT2D eigenvalue weighted by atomic mass is 9.86. The van der Waals surface area contributed by atoms with Crippen LogP contribution in [-0.2, 0) is 0 Å². The van der Waals surface area contributed by atoms with Crippen LogP contribution >= 0.6 is 0 Å². The molecule has 0 radical (unpaired) electrons. The molecular formula is C16H22N2. The molecule has 0 atom stereocenters. The van der Waals surface area contributed by atoms with Gasteiger partial charge in [-0.25, -0.2) is 0 Å². The van der Waals surface area contributed by atoms with Crippen LogP contribution in [0.4, 0.5) is 11.4 Å². The Morgan fingerprint density at radius 3 is 2.11 bits per heavy atom. The summed E-state index contributed by atoms with van der Waals surface area (Å²) in [6.45, 7) is 8.78. The minimum Gasteiger partial charge on any atom is -0.398 e. The number of hydrogen-bond acceptors (Lipinski definition) is 2. The molecule has 0 aromatic heterocycles. The molecule has 0 amide bonds. The summed E-state index contributed by atoms with van der Waals surface area (Å²) in [5, 5.41) is 2.14. The fourth-order valence-electron chi connectivity index (χ4n) is 2.63. The van der Waals surface area contributed by atoms with Crippen LogP contribution < -0.4 is 11.5 Å². The van der Waals surface area contributed by atoms with Crippen molar-refractivity contribution in [1.82, 2.24) is 0 Å². The number of nitrogen functional groups attached to an aromatic ring is 2. The van der Waals surface area contributed by atoms with Crippen molar-refractivity contribution in [2.24, 2.45) is 0 Å². The van der Waals surface area contributed by atoms with E-state index < -0.39 is 0 Å². The zero-order valence-electron chi connectivity index (χ0n) is 11.6. The predicted molar refractivity (Wildman–Crippen MR) is 81.0 cm³/mol. The molecule has 96 valence electrons. The van der Waals surface area contributed by atoms with Crippen LogP contribution in [0.25, 0.3) is 10.8 Å². The van der Waals surface area contributed by atoms with E-state index >= 15 is 0 Å². The van der Waals surface area contributed by atoms with E-state index in [-0.39, 0.29) is 0 Å². The maximum Gasteiger partial charge on any atom is 0.0432 e. The molecule has 2 aromatic carbocycles. The highest BCUT2D eigenvalue weighted by Gasteiger charge is 2.16. The van der Waals surface area contributed by atoms with Crippen molar-refractivity contribution in [3.8, 4) is 0 Å². The van der Waals surface area contributed by atoms with Crippen LogP contribution in [0.2, 0.25) is 0 Å². The average molecular weight is 242 g/mol. The Morgan fingerprint density at radius 2 is 1.56 bits per heavy atom. The van der Waals surface area contributed by atoms with Crippen LogP contribution in [0.3, 0.4) is 0 Å². The van der Waals surface area contributed by atoms with Crippen molar-refractivity contribution in [1.29, 1.82) is 0 Å². The quantitative estimate of drug-likeness (QED) is 0.773. The number of benzene rings is 2. The molecule has 4 N–H and O–H groups in total. The number of nitrogens with two attached hydrogens (primary N) is 2. The van der Waals surface area contributed by atoms with Gasteiger partial charge in [-0.15, -0.1) is 0 Å². The van der Waals surface area contributed by atoms with E-state index in [2.05, 4.69) is 39.8 Å². The standard InChI is InChI=1S/C16H22N2/c1-9(2)12-8-13-11(6-5-7-14(13)17)16(18)15(12)10(3)4/h5-10H,17-18H2,1-4H3. The van der Waals surface area contributed by atoms with Crippen molar-refractivity contribution >= 4 is 22.1 Å². The van der Waals surface area contributed by atoms with E-state index in [1.807, 2.05) is 12.1 Å². The molecule has 2 rings (SSSR count). The Hall–Kier alpha value is -1.70. The summed E-state index contributed by atoms with van der Waals surface area (Å²) in [5.74, 6) is 0.877. The minimum atomic E-state index is 0.424. The van der Waals surface area contributed by atoms with Gasteiger partial charge in [0.05, 0.1) is 0 Å². The molecule has 0 aliphatic carbocycles. The molecule has 2 heteroatoms. The Morgan fingerprint density at radius 1 is 0.889 bits per heavy atom. The molecule has 0 unspecified atom stereocenters. The van der Waals surface area contributed by atoms with Gasteiger partial charge in [0.15, 0.2) is 0 Å². The van der Waals surface area contributed by atoms with Gasteiger partial charge in [-0.1, -0.05) is 39.8 Å². The average Bonchev–Trinajstić information content (AvgIpc) is 2.29. The SMILES string of the molecule is CC(C)c1cc2c(N)cccc2c(N)c1C(C)C. The zero-order chi connectivity index (χ0) is 13.4. The first-order valence-corrected chi connectivity index (χ1v) is 6.54. The highest BCUT2D eigenvalue weighted by atomic mass is 14.6. The van der Waals surface area contributed by atoms with Crippen molar-refractivity contribution in [2.75, 3.05) is 11.5 Å². The molecule has 0 saturated carbocycles. The van der Waals surface area contributed by atoms with Crippen LogP contribution in [0.15, 0.2) is 24.3 Å². The number of fused-ring (bicyclic) bond motifs is 1. The van der Waals surface area contributed by atoms with Crippen LogP contribution in [-0.4, -0.2) is 0 Å². The molecule has 2 aromatic rings. The Bertz CT molecular complexity index is 583. The summed E-state index contributed by atoms with van der Waals surface area (Å²) in [5.41, 5.74) is 16.7. The monoisotopic (exact) mass is 242 g/mol. The van der Waals surface area contributed by atoms with Gasteiger partial charge in [-0.2, -0.15) is 0 Å². The summed E-state index contributed by atoms with van der Waals surface area (Å²) in [4.78, 5) is 0. The lowest BCUT2D eigenvalue weighted by molar-refractivity contribution is 0.795. The molecule has 0 aliphatic heterocycles. The van der Waals surface area contributed by atoms with Gasteiger partial charge in [-0.3, -0.25) is 0 Å². The molecule has 0 spiro atoms. The third kappa shape index (κ3) is 1.92. The highest BCUT2D eigenvalue weighted by molar-refractivity contribution is 6.02. The lowest BCUT2D eigenvalue weighted by Gasteiger charge is -2.21. The van der Waals surface area contributed by atoms with Crippen molar-refractivity contribution < 1.29 is 0 Å². The van der Waals surface area contributed by atoms with Gasteiger partial charge in [0.25, 0.3) is 0 Å². The molecule has 2 nitrogen and oxygen atoms in total. The second-order valence-electron chi connectivity index (χ2n) is 5.54. The largest absolute Gasteiger partial charge is 0.398 e. The third-order valence-corrected chi connectivity index (χ3v) is 3.53. The van der Waals surface area contributed by atoms with Gasteiger partial charge in [0, 0.05) is 22.1 Å². The fourth-order valence-corrected chi connectivity index (χ4v) is 2.63. The van der Waals surface area contributed by atoms with E-state index in [4.69, 9.17) is 11.5 Å². The molecule has 0 heterocycles. The minimum absolute atomic E-state index is 0.424. The molecule has 0 fully saturated rings. The lowest BCUT2D eigenvalue weighted by Crippen LogP contribution is -2.05. The second kappa shape index (κ2) is 4.52. The van der Waals surface area contributed by atoms with Crippen molar-refractivity contribution in [3.05, 3.63) is 35.4 Å². The first-order chi connectivity index (χ1) is 8.43. The summed E-state index contributed by atoms with van der Waals surface area (Å²) in [7, 11) is 0. The Kier molecular flexibility index (Phi) is 3.20. The van der Waals surface area contributed by atoms with E-state index in [0.29, 0.717) is 11.8 Å². The molecular weight excluding hydrogens is 220 g/mol. The Balaban J connectivity index is 2.90. The summed E-state index contributed by atoms with van der Waals surface area (Å²) >= 11 is 0. The number of rotatable bonds is 2. The van der Waals surface area contributed by atoms with Gasteiger partial charge in [-0.05, 0) is 35.1 Å². The van der Waals surface area contributed by atoms with Crippen LogP contribution in [0, 0.1) is 0 Å². The molecule has 18 heavy (non-hydrogen) atoms.